The summed E-state index contributed by atoms with van der Waals surface area (Å²) in [6, 6.07) is 43.4. The van der Waals surface area contributed by atoms with Crippen LogP contribution in [0.4, 0.5) is 4.79 Å². The van der Waals surface area contributed by atoms with Crippen molar-refractivity contribution in [2.75, 3.05) is 53.6 Å². The molecule has 3 N–H and O–H groups in total. The summed E-state index contributed by atoms with van der Waals surface area (Å²) in [5.41, 5.74) is 6.28. The summed E-state index contributed by atoms with van der Waals surface area (Å²) in [6.07, 6.45) is 1.15. The van der Waals surface area contributed by atoms with Crippen molar-refractivity contribution in [2.45, 2.75) is 11.5 Å². The van der Waals surface area contributed by atoms with E-state index in [1.165, 1.54) is 16.9 Å². The van der Waals surface area contributed by atoms with Crippen LogP contribution in [0.2, 0.25) is 0 Å². The zero-order valence-electron chi connectivity index (χ0n) is 32.3. The fraction of sp³-hybridized carbons (Fsp3) is 0.217. The van der Waals surface area contributed by atoms with E-state index in [9.17, 15) is 19.5 Å². The van der Waals surface area contributed by atoms with Gasteiger partial charge in [0.1, 0.15) is 36.8 Å². The van der Waals surface area contributed by atoms with E-state index >= 15 is 0 Å². The van der Waals surface area contributed by atoms with Gasteiger partial charge < -0.3 is 39.8 Å². The third-order valence-corrected chi connectivity index (χ3v) is 10.5. The van der Waals surface area contributed by atoms with Gasteiger partial charge in [-0.1, -0.05) is 121 Å². The normalized spacial score (nSPS) is 13.3. The van der Waals surface area contributed by atoms with Crippen LogP contribution in [0, 0.1) is 0 Å². The zero-order chi connectivity index (χ0) is 40.5. The van der Waals surface area contributed by atoms with Gasteiger partial charge in [0, 0.05) is 25.6 Å². The molecule has 12 heteroatoms. The van der Waals surface area contributed by atoms with Crippen molar-refractivity contribution in [1.29, 1.82) is 0 Å². The first-order valence-corrected chi connectivity index (χ1v) is 19.0. The van der Waals surface area contributed by atoms with Crippen molar-refractivity contribution >= 4 is 24.0 Å². The molecule has 0 spiro atoms. The van der Waals surface area contributed by atoms with Gasteiger partial charge in [-0.05, 0) is 57.2 Å². The molecule has 12 nitrogen and oxygen atoms in total. The van der Waals surface area contributed by atoms with Gasteiger partial charge in [0.2, 0.25) is 5.91 Å². The Morgan fingerprint density at radius 1 is 0.793 bits per heavy atom. The van der Waals surface area contributed by atoms with Crippen LogP contribution in [0.25, 0.3) is 11.1 Å². The van der Waals surface area contributed by atoms with Gasteiger partial charge in [-0.25, -0.2) is 4.79 Å². The molecule has 5 aromatic rings. The molecule has 0 aromatic heterocycles. The number of hydrogen-bond donors (Lipinski definition) is 3. The Hall–Kier alpha value is -7.08. The second-order valence-corrected chi connectivity index (χ2v) is 13.9. The van der Waals surface area contributed by atoms with E-state index in [0.717, 1.165) is 38.9 Å². The van der Waals surface area contributed by atoms with E-state index in [1.807, 2.05) is 121 Å². The van der Waals surface area contributed by atoms with E-state index in [0.29, 0.717) is 11.6 Å². The number of carbonyl (C=O) groups excluding carboxylic acids is 3. The van der Waals surface area contributed by atoms with Crippen LogP contribution in [0.15, 0.2) is 150 Å². The summed E-state index contributed by atoms with van der Waals surface area (Å²) in [4.78, 5) is 46.0. The Kier molecular flexibility index (Phi) is 12.0. The van der Waals surface area contributed by atoms with Crippen LogP contribution in [0.3, 0.4) is 0 Å². The van der Waals surface area contributed by atoms with Gasteiger partial charge in [-0.2, -0.15) is 4.99 Å². The lowest BCUT2D eigenvalue weighted by Crippen LogP contribution is -2.49. The third kappa shape index (κ3) is 8.36. The van der Waals surface area contributed by atoms with Gasteiger partial charge in [0.25, 0.3) is 6.02 Å². The monoisotopic (exact) mass is 779 g/mol. The van der Waals surface area contributed by atoms with Crippen LogP contribution in [-0.2, 0) is 24.6 Å². The van der Waals surface area contributed by atoms with Crippen molar-refractivity contribution < 1.29 is 33.7 Å². The van der Waals surface area contributed by atoms with Crippen LogP contribution in [-0.4, -0.2) is 92.4 Å². The number of aliphatic hydroxyl groups is 1. The van der Waals surface area contributed by atoms with E-state index < -0.39 is 23.5 Å². The quantitative estimate of drug-likeness (QED) is 0.0839. The standard InChI is InChI=1S/C46H45N5O7/c1-56-35-23-21-34(22-24-35)46(32-13-5-3-6-14-32,33-15-7-4-8-16-33)49-41-25-27-51(44(54)48-41)29-42(52)50(30-43(53)57-2)28-26-47-45(55)58-31-40-38-19-11-9-17-36(38)37-18-10-12-20-39(37)40/h3-25,40,49H,26-31H2,1-2H3,(H,47,55)(H,48,54). The maximum Gasteiger partial charge on any atom is 0.407 e. The largest absolute Gasteiger partial charge is 0.497 e. The Labute approximate surface area is 337 Å². The molecule has 0 radical (unpaired) electrons. The van der Waals surface area contributed by atoms with Crippen molar-refractivity contribution in [2.24, 2.45) is 4.99 Å². The number of amidine groups is 1. The molecule has 58 heavy (non-hydrogen) atoms. The molecule has 0 bridgehead atoms. The molecular weight excluding hydrogens is 735 g/mol. The van der Waals surface area contributed by atoms with E-state index in [4.69, 9.17) is 14.2 Å². The number of fused-ring (bicyclic) bond motifs is 3. The summed E-state index contributed by atoms with van der Waals surface area (Å²) in [7, 11) is 2.86. The number of aliphatic imine (C=N–C) groups is 1. The first-order valence-electron chi connectivity index (χ1n) is 19.0. The number of nitrogens with zero attached hydrogens (tertiary/aromatic N) is 3. The summed E-state index contributed by atoms with van der Waals surface area (Å²) in [6.45, 7) is -0.363. The maximum atomic E-state index is 13.7. The first kappa shape index (κ1) is 39.2. The molecule has 7 rings (SSSR count). The van der Waals surface area contributed by atoms with Crippen molar-refractivity contribution in [3.63, 3.8) is 0 Å². The molecule has 5 aromatic carbocycles. The van der Waals surface area contributed by atoms with Crippen molar-refractivity contribution in [3.8, 4) is 16.9 Å². The third-order valence-electron chi connectivity index (χ3n) is 10.5. The lowest BCUT2D eigenvalue weighted by atomic mass is 9.77. The Bertz CT molecular complexity index is 2210. The van der Waals surface area contributed by atoms with Crippen molar-refractivity contribution in [3.05, 3.63) is 173 Å². The van der Waals surface area contributed by atoms with Crippen LogP contribution < -0.4 is 15.4 Å². The fourth-order valence-corrected chi connectivity index (χ4v) is 7.56. The molecular formula is C46H45N5O7. The molecule has 296 valence electrons. The topological polar surface area (TPSA) is 142 Å². The van der Waals surface area contributed by atoms with E-state index in [1.54, 1.807) is 13.2 Å². The zero-order valence-corrected chi connectivity index (χ0v) is 32.3. The predicted molar refractivity (Wildman–Crippen MR) is 220 cm³/mol. The van der Waals surface area contributed by atoms with E-state index in [-0.39, 0.29) is 51.3 Å². The van der Waals surface area contributed by atoms with Gasteiger partial charge in [-0.3, -0.25) is 9.59 Å². The number of alkyl carbamates (subject to hydrolysis) is 1. The summed E-state index contributed by atoms with van der Waals surface area (Å²) < 4.78 is 15.9. The number of carbonyl (C=O) groups is 3. The lowest BCUT2D eigenvalue weighted by molar-refractivity contribution is -0.147. The predicted octanol–water partition coefficient (Wildman–Crippen LogP) is 6.19. The molecule has 0 saturated carbocycles. The fourth-order valence-electron chi connectivity index (χ4n) is 7.56. The van der Waals surface area contributed by atoms with Gasteiger partial charge in [0.15, 0.2) is 0 Å². The lowest BCUT2D eigenvalue weighted by Gasteiger charge is -2.38. The number of ether oxygens (including phenoxy) is 3. The van der Waals surface area contributed by atoms with Gasteiger partial charge in [-0.15, -0.1) is 0 Å². The maximum absolute atomic E-state index is 13.7. The number of rotatable bonds is 15. The Morgan fingerprint density at radius 3 is 1.93 bits per heavy atom. The SMILES string of the molecule is COC(=O)CN(CCNC(=O)OCC1c2ccccc2-c2ccccc21)C(=O)CN1CC=C(NC(c2ccccc2)(c2ccccc2)c2ccc(OC)cc2)N=C1O. The molecule has 0 saturated heterocycles. The number of esters is 1. The van der Waals surface area contributed by atoms with E-state index in [2.05, 4.69) is 27.8 Å². The minimum atomic E-state index is -0.931. The average Bonchev–Trinajstić information content (AvgIpc) is 3.59. The van der Waals surface area contributed by atoms with Gasteiger partial charge in [0.05, 0.1) is 14.2 Å². The number of benzene rings is 5. The summed E-state index contributed by atoms with van der Waals surface area (Å²) in [5, 5.41) is 17.6. The first-order chi connectivity index (χ1) is 28.3. The van der Waals surface area contributed by atoms with Crippen LogP contribution in [0.5, 0.6) is 5.75 Å². The number of aliphatic hydroxyl groups excluding tert-OH is 1. The molecule has 0 unspecified atom stereocenters. The van der Waals surface area contributed by atoms with Gasteiger partial charge >= 0.3 is 12.1 Å². The molecule has 2 aliphatic rings. The average molecular weight is 780 g/mol. The second-order valence-electron chi connectivity index (χ2n) is 13.9. The highest BCUT2D eigenvalue weighted by atomic mass is 16.5. The highest BCUT2D eigenvalue weighted by molar-refractivity contribution is 5.87. The number of nitrogens with one attached hydrogen (secondary N) is 2. The molecule has 0 atom stereocenters. The smallest absolute Gasteiger partial charge is 0.407 e. The number of hydrogen-bond acceptors (Lipinski definition) is 9. The minimum absolute atomic E-state index is 0.00888. The Morgan fingerprint density at radius 2 is 1.36 bits per heavy atom. The highest BCUT2D eigenvalue weighted by Gasteiger charge is 2.38. The summed E-state index contributed by atoms with van der Waals surface area (Å²) in [5.74, 6) is -0.111. The summed E-state index contributed by atoms with van der Waals surface area (Å²) >= 11 is 0. The second kappa shape index (κ2) is 17.8. The molecule has 1 aliphatic carbocycles. The molecule has 1 heterocycles. The van der Waals surface area contributed by atoms with Crippen molar-refractivity contribution in [1.82, 2.24) is 20.4 Å². The minimum Gasteiger partial charge on any atom is -0.497 e. The van der Waals surface area contributed by atoms with Crippen LogP contribution >= 0.6 is 0 Å². The number of methoxy groups -OCH3 is 2. The molecule has 0 fully saturated rings. The number of amides is 2. The molecule has 2 amide bonds. The Balaban J connectivity index is 1.01. The molecule has 1 aliphatic heterocycles. The van der Waals surface area contributed by atoms with Crippen LogP contribution in [0.1, 0.15) is 33.7 Å². The highest BCUT2D eigenvalue weighted by Crippen LogP contribution is 2.44.